The minimum atomic E-state index is -3.63. The minimum Gasteiger partial charge on any atom is -0.351 e. The van der Waals surface area contributed by atoms with Gasteiger partial charge in [-0.1, -0.05) is 18.2 Å². The van der Waals surface area contributed by atoms with Crippen LogP contribution in [0.15, 0.2) is 64.6 Å². The van der Waals surface area contributed by atoms with E-state index in [9.17, 15) is 8.42 Å². The van der Waals surface area contributed by atoms with Crippen LogP contribution in [-0.4, -0.2) is 45.9 Å². The molecular formula is C24H24N6O2S3. The van der Waals surface area contributed by atoms with Gasteiger partial charge in [0.05, 0.1) is 23.4 Å². The Kier molecular flexibility index (Phi) is 5.72. The van der Waals surface area contributed by atoms with E-state index >= 15 is 0 Å². The SMILES string of the molecule is CCN(c1cccc2cc(-c3ncc(CN4CCn5ccnc5C4)s3)[nH]c12)S(=O)(=O)c1cccs1. The van der Waals surface area contributed by atoms with Crippen molar-refractivity contribution in [2.45, 2.75) is 30.8 Å². The lowest BCUT2D eigenvalue weighted by Crippen LogP contribution is -2.32. The largest absolute Gasteiger partial charge is 0.351 e. The molecule has 0 aliphatic carbocycles. The Morgan fingerprint density at radius 3 is 2.91 bits per heavy atom. The van der Waals surface area contributed by atoms with Crippen molar-refractivity contribution in [2.24, 2.45) is 0 Å². The Hall–Kier alpha value is -2.99. The van der Waals surface area contributed by atoms with Crippen molar-refractivity contribution in [1.29, 1.82) is 0 Å². The number of thiophene rings is 1. The molecule has 0 spiro atoms. The second-order valence-corrected chi connectivity index (χ2v) is 12.6. The molecule has 1 aliphatic rings. The number of aromatic amines is 1. The fourth-order valence-corrected chi connectivity index (χ4v) is 8.05. The van der Waals surface area contributed by atoms with E-state index in [1.165, 1.54) is 20.5 Å². The van der Waals surface area contributed by atoms with Gasteiger partial charge in [-0.25, -0.2) is 18.4 Å². The Morgan fingerprint density at radius 1 is 1.17 bits per heavy atom. The van der Waals surface area contributed by atoms with Crippen LogP contribution in [0.5, 0.6) is 0 Å². The van der Waals surface area contributed by atoms with E-state index in [1.54, 1.807) is 28.8 Å². The summed E-state index contributed by atoms with van der Waals surface area (Å²) >= 11 is 2.89. The van der Waals surface area contributed by atoms with Crippen molar-refractivity contribution in [2.75, 3.05) is 17.4 Å². The maximum atomic E-state index is 13.3. The van der Waals surface area contributed by atoms with Crippen molar-refractivity contribution in [1.82, 2.24) is 24.4 Å². The molecule has 0 amide bonds. The maximum Gasteiger partial charge on any atom is 0.273 e. The zero-order valence-electron chi connectivity index (χ0n) is 19.1. The van der Waals surface area contributed by atoms with E-state index in [0.29, 0.717) is 16.4 Å². The van der Waals surface area contributed by atoms with Gasteiger partial charge in [0.1, 0.15) is 15.0 Å². The van der Waals surface area contributed by atoms with Gasteiger partial charge >= 0.3 is 0 Å². The Morgan fingerprint density at radius 2 is 2.09 bits per heavy atom. The van der Waals surface area contributed by atoms with Crippen molar-refractivity contribution < 1.29 is 8.42 Å². The fourth-order valence-electron chi connectivity index (χ4n) is 4.54. The molecule has 11 heteroatoms. The molecule has 4 aromatic heterocycles. The molecule has 1 N–H and O–H groups in total. The molecule has 180 valence electrons. The summed E-state index contributed by atoms with van der Waals surface area (Å²) in [7, 11) is -3.63. The molecule has 0 bridgehead atoms. The number of hydrogen-bond acceptors (Lipinski definition) is 7. The number of para-hydroxylation sites is 1. The number of anilines is 1. The maximum absolute atomic E-state index is 13.3. The van der Waals surface area contributed by atoms with Crippen molar-refractivity contribution in [3.05, 3.63) is 71.1 Å². The average molecular weight is 525 g/mol. The summed E-state index contributed by atoms with van der Waals surface area (Å²) in [6, 6.07) is 11.2. The molecule has 0 unspecified atom stereocenters. The highest BCUT2D eigenvalue weighted by atomic mass is 32.2. The third kappa shape index (κ3) is 4.08. The van der Waals surface area contributed by atoms with Crippen molar-refractivity contribution >= 4 is 49.3 Å². The second kappa shape index (κ2) is 8.90. The standard InChI is InChI=1S/C24H24N6O2S3/c1-2-30(35(31,32)22-7-4-12-33-22)20-6-3-5-17-13-19(27-23(17)20)24-26-14-18(34-24)15-28-10-11-29-9-8-25-21(29)16-28/h3-9,12-14,27H,2,10-11,15-16H2,1H3. The van der Waals surface area contributed by atoms with E-state index in [1.807, 2.05) is 49.8 Å². The van der Waals surface area contributed by atoms with Crippen LogP contribution in [0, 0.1) is 0 Å². The fraction of sp³-hybridized carbons (Fsp3) is 0.250. The first-order chi connectivity index (χ1) is 17.0. The summed E-state index contributed by atoms with van der Waals surface area (Å²) < 4.78 is 30.6. The first-order valence-corrected chi connectivity index (χ1v) is 14.5. The molecule has 5 heterocycles. The molecule has 0 saturated carbocycles. The summed E-state index contributed by atoms with van der Waals surface area (Å²) in [4.78, 5) is 16.2. The molecule has 0 atom stereocenters. The zero-order valence-corrected chi connectivity index (χ0v) is 21.5. The number of thiazole rings is 1. The van der Waals surface area contributed by atoms with Crippen LogP contribution >= 0.6 is 22.7 Å². The van der Waals surface area contributed by atoms with Gasteiger partial charge in [0.2, 0.25) is 0 Å². The Balaban J connectivity index is 1.28. The molecule has 0 radical (unpaired) electrons. The van der Waals surface area contributed by atoms with Gasteiger partial charge in [-0.15, -0.1) is 22.7 Å². The molecule has 0 saturated heterocycles. The van der Waals surface area contributed by atoms with Crippen LogP contribution in [0.25, 0.3) is 21.6 Å². The number of H-pyrrole nitrogens is 1. The van der Waals surface area contributed by atoms with Crippen LogP contribution in [0.4, 0.5) is 5.69 Å². The lowest BCUT2D eigenvalue weighted by molar-refractivity contribution is 0.210. The predicted octanol–water partition coefficient (Wildman–Crippen LogP) is 4.78. The van der Waals surface area contributed by atoms with Crippen LogP contribution < -0.4 is 4.31 Å². The van der Waals surface area contributed by atoms with Crippen molar-refractivity contribution in [3.63, 3.8) is 0 Å². The third-order valence-corrected chi connectivity index (χ3v) is 10.5. The highest BCUT2D eigenvalue weighted by Gasteiger charge is 2.26. The molecule has 0 fully saturated rings. The third-order valence-electron chi connectivity index (χ3n) is 6.22. The van der Waals surface area contributed by atoms with Gasteiger partial charge in [-0.3, -0.25) is 9.21 Å². The molecular weight excluding hydrogens is 501 g/mol. The predicted molar refractivity (Wildman–Crippen MR) is 140 cm³/mol. The van der Waals surface area contributed by atoms with Gasteiger partial charge in [0.25, 0.3) is 10.0 Å². The molecule has 1 aromatic carbocycles. The summed E-state index contributed by atoms with van der Waals surface area (Å²) in [6.07, 6.45) is 5.83. The summed E-state index contributed by atoms with van der Waals surface area (Å²) in [5, 5.41) is 3.63. The van der Waals surface area contributed by atoms with E-state index in [4.69, 9.17) is 0 Å². The smallest absolute Gasteiger partial charge is 0.273 e. The van der Waals surface area contributed by atoms with Gasteiger partial charge in [0, 0.05) is 55.0 Å². The molecule has 8 nitrogen and oxygen atoms in total. The van der Waals surface area contributed by atoms with E-state index in [0.717, 1.165) is 53.6 Å². The normalized spacial score (nSPS) is 14.4. The zero-order chi connectivity index (χ0) is 24.0. The van der Waals surface area contributed by atoms with E-state index in [-0.39, 0.29) is 0 Å². The van der Waals surface area contributed by atoms with Gasteiger partial charge in [0.15, 0.2) is 0 Å². The molecule has 35 heavy (non-hydrogen) atoms. The Labute approximate surface area is 211 Å². The van der Waals surface area contributed by atoms with E-state index < -0.39 is 10.0 Å². The van der Waals surface area contributed by atoms with Crippen LogP contribution in [0.3, 0.4) is 0 Å². The number of nitrogens with one attached hydrogen (secondary N) is 1. The molecule has 1 aliphatic heterocycles. The first-order valence-electron chi connectivity index (χ1n) is 11.4. The number of rotatable bonds is 7. The van der Waals surface area contributed by atoms with Crippen LogP contribution in [0.2, 0.25) is 0 Å². The topological polar surface area (TPSA) is 87.1 Å². The minimum absolute atomic E-state index is 0.336. The molecule has 6 rings (SSSR count). The van der Waals surface area contributed by atoms with Crippen molar-refractivity contribution in [3.8, 4) is 10.7 Å². The second-order valence-electron chi connectivity index (χ2n) is 8.41. The number of imidazole rings is 1. The van der Waals surface area contributed by atoms with Gasteiger partial charge < -0.3 is 9.55 Å². The average Bonchev–Trinajstić information content (AvgIpc) is 3.66. The monoisotopic (exact) mass is 524 g/mol. The summed E-state index contributed by atoms with van der Waals surface area (Å²) in [5.74, 6) is 1.10. The lowest BCUT2D eigenvalue weighted by Gasteiger charge is -2.26. The van der Waals surface area contributed by atoms with Crippen LogP contribution in [0.1, 0.15) is 17.6 Å². The number of nitrogens with zero attached hydrogens (tertiary/aromatic N) is 5. The van der Waals surface area contributed by atoms with E-state index in [2.05, 4.69) is 24.4 Å². The number of benzene rings is 1. The number of sulfonamides is 1. The van der Waals surface area contributed by atoms with Gasteiger partial charge in [-0.2, -0.15) is 0 Å². The first kappa shape index (κ1) is 22.5. The lowest BCUT2D eigenvalue weighted by atomic mass is 10.2. The Bertz CT molecular complexity index is 1580. The number of aromatic nitrogens is 4. The number of fused-ring (bicyclic) bond motifs is 2. The molecule has 5 aromatic rings. The highest BCUT2D eigenvalue weighted by Crippen LogP contribution is 2.35. The number of hydrogen-bond donors (Lipinski definition) is 1. The van der Waals surface area contributed by atoms with Crippen LogP contribution in [-0.2, 0) is 29.7 Å². The van der Waals surface area contributed by atoms with Gasteiger partial charge in [-0.05, 0) is 30.5 Å². The highest BCUT2D eigenvalue weighted by molar-refractivity contribution is 7.94. The quantitative estimate of drug-likeness (QED) is 0.331. The summed E-state index contributed by atoms with van der Waals surface area (Å²) in [6.45, 7) is 5.80. The summed E-state index contributed by atoms with van der Waals surface area (Å²) in [5.41, 5.74) is 2.33.